The number of carbonyl (C=O) groups is 1. The van der Waals surface area contributed by atoms with Gasteiger partial charge in [-0.3, -0.25) is 4.79 Å². The van der Waals surface area contributed by atoms with Crippen LogP contribution in [0.1, 0.15) is 15.9 Å². The van der Waals surface area contributed by atoms with Gasteiger partial charge in [0.25, 0.3) is 5.91 Å². The number of carbonyl (C=O) groups excluding carboxylic acids is 1. The van der Waals surface area contributed by atoms with Crippen molar-refractivity contribution in [3.05, 3.63) is 63.1 Å². The summed E-state index contributed by atoms with van der Waals surface area (Å²) in [6.45, 7) is 0.432. The Hall–Kier alpha value is -1.52. The second-order valence-corrected chi connectivity index (χ2v) is 5.37. The number of amides is 1. The van der Waals surface area contributed by atoms with E-state index in [1.807, 2.05) is 12.1 Å². The quantitative estimate of drug-likeness (QED) is 0.839. The lowest BCUT2D eigenvalue weighted by molar-refractivity contribution is 0.0951. The predicted octanol–water partition coefficient (Wildman–Crippen LogP) is 3.61. The van der Waals surface area contributed by atoms with Crippen LogP contribution in [0.5, 0.6) is 0 Å². The molecule has 0 saturated heterocycles. The van der Waals surface area contributed by atoms with Gasteiger partial charge in [-0.1, -0.05) is 39.7 Å². The molecule has 0 fully saturated rings. The molecule has 0 aliphatic carbocycles. The molecule has 2 aromatic rings. The molecule has 0 radical (unpaired) electrons. The number of nitrogen functional groups attached to an aromatic ring is 1. The molecule has 98 valence electrons. The largest absolute Gasteiger partial charge is 0.399 e. The molecule has 1 amide bonds. The van der Waals surface area contributed by atoms with E-state index in [2.05, 4.69) is 21.2 Å². The number of anilines is 1. The summed E-state index contributed by atoms with van der Waals surface area (Å²) in [4.78, 5) is 12.0. The third-order valence-corrected chi connectivity index (χ3v) is 3.43. The Morgan fingerprint density at radius 3 is 2.58 bits per heavy atom. The number of hydrogen-bond acceptors (Lipinski definition) is 2. The van der Waals surface area contributed by atoms with E-state index < -0.39 is 0 Å². The van der Waals surface area contributed by atoms with Gasteiger partial charge in [-0.25, -0.2) is 0 Å². The van der Waals surface area contributed by atoms with Crippen LogP contribution in [0.2, 0.25) is 5.02 Å². The van der Waals surface area contributed by atoms with E-state index in [4.69, 9.17) is 17.3 Å². The highest BCUT2D eigenvalue weighted by Crippen LogP contribution is 2.21. The standard InChI is InChI=1S/C14H12BrClN2O/c15-10-3-6-13(16)12(7-10)14(19)18-8-9-1-4-11(17)5-2-9/h1-7H,8,17H2,(H,18,19). The van der Waals surface area contributed by atoms with Gasteiger partial charge in [0.1, 0.15) is 0 Å². The van der Waals surface area contributed by atoms with Gasteiger partial charge in [-0.05, 0) is 35.9 Å². The Morgan fingerprint density at radius 2 is 1.89 bits per heavy atom. The fraction of sp³-hybridized carbons (Fsp3) is 0.0714. The Balaban J connectivity index is 2.05. The second kappa shape index (κ2) is 6.08. The van der Waals surface area contributed by atoms with Crippen molar-refractivity contribution in [1.29, 1.82) is 0 Å². The van der Waals surface area contributed by atoms with Crippen molar-refractivity contribution >= 4 is 39.1 Å². The number of nitrogens with one attached hydrogen (secondary N) is 1. The van der Waals surface area contributed by atoms with Crippen molar-refractivity contribution in [1.82, 2.24) is 5.32 Å². The normalized spacial score (nSPS) is 10.2. The molecule has 19 heavy (non-hydrogen) atoms. The van der Waals surface area contributed by atoms with E-state index in [0.29, 0.717) is 22.8 Å². The summed E-state index contributed by atoms with van der Waals surface area (Å²) in [7, 11) is 0. The zero-order valence-electron chi connectivity index (χ0n) is 9.99. The highest BCUT2D eigenvalue weighted by molar-refractivity contribution is 9.10. The first kappa shape index (κ1) is 13.9. The molecule has 0 saturated carbocycles. The van der Waals surface area contributed by atoms with E-state index in [1.165, 1.54) is 0 Å². The lowest BCUT2D eigenvalue weighted by Gasteiger charge is -2.07. The molecule has 0 atom stereocenters. The van der Waals surface area contributed by atoms with E-state index >= 15 is 0 Å². The maximum atomic E-state index is 12.0. The number of rotatable bonds is 3. The summed E-state index contributed by atoms with van der Waals surface area (Å²) in [6.07, 6.45) is 0. The van der Waals surface area contributed by atoms with Gasteiger partial charge in [0.15, 0.2) is 0 Å². The molecule has 2 aromatic carbocycles. The van der Waals surface area contributed by atoms with Gasteiger partial charge in [0, 0.05) is 16.7 Å². The molecule has 0 bridgehead atoms. The summed E-state index contributed by atoms with van der Waals surface area (Å²) in [5.74, 6) is -0.205. The van der Waals surface area contributed by atoms with E-state index in [9.17, 15) is 4.79 Å². The smallest absolute Gasteiger partial charge is 0.253 e. The summed E-state index contributed by atoms with van der Waals surface area (Å²) < 4.78 is 0.814. The van der Waals surface area contributed by atoms with Crippen LogP contribution < -0.4 is 11.1 Å². The molecule has 0 unspecified atom stereocenters. The SMILES string of the molecule is Nc1ccc(CNC(=O)c2cc(Br)ccc2Cl)cc1. The third-order valence-electron chi connectivity index (χ3n) is 2.61. The van der Waals surface area contributed by atoms with Crippen LogP contribution >= 0.6 is 27.5 Å². The maximum absolute atomic E-state index is 12.0. The summed E-state index contributed by atoms with van der Waals surface area (Å²) in [6, 6.07) is 12.5. The predicted molar refractivity (Wildman–Crippen MR) is 81.2 cm³/mol. The van der Waals surface area contributed by atoms with E-state index in [0.717, 1.165) is 10.0 Å². The van der Waals surface area contributed by atoms with Crippen LogP contribution in [-0.4, -0.2) is 5.91 Å². The molecule has 0 aliphatic heterocycles. The van der Waals surface area contributed by atoms with Gasteiger partial charge in [-0.15, -0.1) is 0 Å². The fourth-order valence-corrected chi connectivity index (χ4v) is 2.15. The molecule has 2 rings (SSSR count). The van der Waals surface area contributed by atoms with Crippen molar-refractivity contribution in [2.45, 2.75) is 6.54 Å². The van der Waals surface area contributed by atoms with Gasteiger partial charge >= 0.3 is 0 Å². The topological polar surface area (TPSA) is 55.1 Å². The van der Waals surface area contributed by atoms with Crippen molar-refractivity contribution in [2.75, 3.05) is 5.73 Å². The number of benzene rings is 2. The third kappa shape index (κ3) is 3.72. The first-order valence-electron chi connectivity index (χ1n) is 5.64. The van der Waals surface area contributed by atoms with Gasteiger partial charge in [0.05, 0.1) is 10.6 Å². The highest BCUT2D eigenvalue weighted by atomic mass is 79.9. The van der Waals surface area contributed by atoms with Gasteiger partial charge in [0.2, 0.25) is 0 Å². The van der Waals surface area contributed by atoms with Crippen LogP contribution in [0.4, 0.5) is 5.69 Å². The van der Waals surface area contributed by atoms with Crippen LogP contribution in [0, 0.1) is 0 Å². The number of nitrogens with two attached hydrogens (primary N) is 1. The van der Waals surface area contributed by atoms with Crippen molar-refractivity contribution in [3.8, 4) is 0 Å². The lowest BCUT2D eigenvalue weighted by atomic mass is 10.2. The average Bonchev–Trinajstić information content (AvgIpc) is 2.40. The van der Waals surface area contributed by atoms with Gasteiger partial charge < -0.3 is 11.1 Å². The Labute approximate surface area is 124 Å². The van der Waals surface area contributed by atoms with Crippen LogP contribution in [0.25, 0.3) is 0 Å². The Morgan fingerprint density at radius 1 is 1.21 bits per heavy atom. The summed E-state index contributed by atoms with van der Waals surface area (Å²) in [5, 5.41) is 3.25. The Kier molecular flexibility index (Phi) is 4.45. The van der Waals surface area contributed by atoms with Crippen LogP contribution in [-0.2, 0) is 6.54 Å². The van der Waals surface area contributed by atoms with Crippen molar-refractivity contribution < 1.29 is 4.79 Å². The second-order valence-electron chi connectivity index (χ2n) is 4.05. The minimum Gasteiger partial charge on any atom is -0.399 e. The van der Waals surface area contributed by atoms with Crippen molar-refractivity contribution in [3.63, 3.8) is 0 Å². The molecular weight excluding hydrogens is 328 g/mol. The fourth-order valence-electron chi connectivity index (χ4n) is 1.58. The maximum Gasteiger partial charge on any atom is 0.253 e. The molecule has 0 aliphatic rings. The zero-order chi connectivity index (χ0) is 13.8. The lowest BCUT2D eigenvalue weighted by Crippen LogP contribution is -2.23. The van der Waals surface area contributed by atoms with E-state index in [-0.39, 0.29) is 5.91 Å². The number of hydrogen-bond donors (Lipinski definition) is 2. The summed E-state index contributed by atoms with van der Waals surface area (Å²) in [5.41, 5.74) is 7.73. The minimum atomic E-state index is -0.205. The zero-order valence-corrected chi connectivity index (χ0v) is 12.3. The first-order chi connectivity index (χ1) is 9.06. The summed E-state index contributed by atoms with van der Waals surface area (Å²) >= 11 is 9.31. The molecule has 0 spiro atoms. The first-order valence-corrected chi connectivity index (χ1v) is 6.81. The highest BCUT2D eigenvalue weighted by Gasteiger charge is 2.10. The molecule has 3 N–H and O–H groups in total. The molecular formula is C14H12BrClN2O. The monoisotopic (exact) mass is 338 g/mol. The molecule has 0 heterocycles. The van der Waals surface area contributed by atoms with Crippen LogP contribution in [0.15, 0.2) is 46.9 Å². The molecule has 3 nitrogen and oxygen atoms in total. The number of halogens is 2. The molecule has 5 heteroatoms. The average molecular weight is 340 g/mol. The van der Waals surface area contributed by atoms with Crippen LogP contribution in [0.3, 0.4) is 0 Å². The Bertz CT molecular complexity index is 599. The molecule has 0 aromatic heterocycles. The van der Waals surface area contributed by atoms with E-state index in [1.54, 1.807) is 30.3 Å². The minimum absolute atomic E-state index is 0.205. The van der Waals surface area contributed by atoms with Crippen molar-refractivity contribution in [2.24, 2.45) is 0 Å². The van der Waals surface area contributed by atoms with Gasteiger partial charge in [-0.2, -0.15) is 0 Å².